The Morgan fingerprint density at radius 2 is 1.80 bits per heavy atom. The third-order valence-corrected chi connectivity index (χ3v) is 3.53. The van der Waals surface area contributed by atoms with Crippen molar-refractivity contribution in [3.05, 3.63) is 27.0 Å². The Balaban J connectivity index is 3.42. The second-order valence-corrected chi connectivity index (χ2v) is 6.21. The maximum atomic E-state index is 12.0. The molecule has 0 aromatic carbocycles. The summed E-state index contributed by atoms with van der Waals surface area (Å²) in [6, 6.07) is 0. The predicted octanol–water partition coefficient (Wildman–Crippen LogP) is 4.03. The Morgan fingerprint density at radius 3 is 2.25 bits per heavy atom. The van der Waals surface area contributed by atoms with Gasteiger partial charge in [0.25, 0.3) is 0 Å². The van der Waals surface area contributed by atoms with Gasteiger partial charge in [0.1, 0.15) is 5.15 Å². The van der Waals surface area contributed by atoms with Crippen molar-refractivity contribution < 1.29 is 14.3 Å². The van der Waals surface area contributed by atoms with Crippen LogP contribution in [0.4, 0.5) is 0 Å². The van der Waals surface area contributed by atoms with Gasteiger partial charge in [-0.25, -0.2) is 9.78 Å². The summed E-state index contributed by atoms with van der Waals surface area (Å²) in [6.07, 6.45) is -0.934. The number of halogens is 2. The van der Waals surface area contributed by atoms with Gasteiger partial charge in [-0.15, -0.1) is 0 Å². The van der Waals surface area contributed by atoms with Crippen LogP contribution >= 0.6 is 23.2 Å². The number of nitrogens with zero attached hydrogens (tertiary/aromatic N) is 1. The lowest BCUT2D eigenvalue weighted by molar-refractivity contribution is -0.164. The van der Waals surface area contributed by atoms with Gasteiger partial charge in [0.15, 0.2) is 6.10 Å². The Hall–Kier alpha value is -0.840. The SMILES string of the molecule is COC(=O)C(OC(C)(C)C)c1c(C)nc(Cl)c(C)c1Cl. The molecule has 0 amide bonds. The molecule has 112 valence electrons. The van der Waals surface area contributed by atoms with Crippen LogP contribution in [0.15, 0.2) is 0 Å². The van der Waals surface area contributed by atoms with Gasteiger partial charge >= 0.3 is 5.97 Å². The molecule has 4 nitrogen and oxygen atoms in total. The van der Waals surface area contributed by atoms with E-state index in [1.165, 1.54) is 7.11 Å². The largest absolute Gasteiger partial charge is 0.467 e. The van der Waals surface area contributed by atoms with Gasteiger partial charge in [0.05, 0.1) is 17.7 Å². The van der Waals surface area contributed by atoms with Gasteiger partial charge in [-0.3, -0.25) is 0 Å². The average Bonchev–Trinajstić information content (AvgIpc) is 2.32. The molecule has 1 unspecified atom stereocenters. The summed E-state index contributed by atoms with van der Waals surface area (Å²) in [5.41, 5.74) is 1.11. The number of hydrogen-bond donors (Lipinski definition) is 0. The van der Waals surface area contributed by atoms with Gasteiger partial charge in [-0.1, -0.05) is 23.2 Å². The molecule has 1 rings (SSSR count). The van der Waals surface area contributed by atoms with E-state index in [2.05, 4.69) is 4.98 Å². The fourth-order valence-corrected chi connectivity index (χ4v) is 2.33. The molecule has 20 heavy (non-hydrogen) atoms. The monoisotopic (exact) mass is 319 g/mol. The molecule has 0 fully saturated rings. The highest BCUT2D eigenvalue weighted by atomic mass is 35.5. The Bertz CT molecular complexity index is 524. The van der Waals surface area contributed by atoms with Crippen LogP contribution in [0.3, 0.4) is 0 Å². The summed E-state index contributed by atoms with van der Waals surface area (Å²) in [6.45, 7) is 9.02. The van der Waals surface area contributed by atoms with E-state index in [0.29, 0.717) is 27.0 Å². The molecule has 0 aliphatic rings. The van der Waals surface area contributed by atoms with Crippen LogP contribution in [0.1, 0.15) is 43.7 Å². The zero-order chi connectivity index (χ0) is 15.7. The standard InChI is InChI=1S/C14H19Cl2NO3/c1-7-10(15)9(8(2)17-12(7)16)11(13(18)19-6)20-14(3,4)5/h11H,1-6H3. The van der Waals surface area contributed by atoms with Gasteiger partial charge in [0, 0.05) is 16.8 Å². The van der Waals surface area contributed by atoms with Crippen LogP contribution in [0.5, 0.6) is 0 Å². The average molecular weight is 320 g/mol. The van der Waals surface area contributed by atoms with E-state index in [1.54, 1.807) is 13.8 Å². The minimum absolute atomic E-state index is 0.315. The number of esters is 1. The van der Waals surface area contributed by atoms with Crippen LogP contribution in [0, 0.1) is 13.8 Å². The Kier molecular flexibility index (Phi) is 5.41. The molecular weight excluding hydrogens is 301 g/mol. The Morgan fingerprint density at radius 1 is 1.25 bits per heavy atom. The van der Waals surface area contributed by atoms with Crippen LogP contribution in [-0.2, 0) is 14.3 Å². The van der Waals surface area contributed by atoms with Crippen LogP contribution in [0.25, 0.3) is 0 Å². The summed E-state index contributed by atoms with van der Waals surface area (Å²) in [5.74, 6) is -0.520. The quantitative estimate of drug-likeness (QED) is 0.623. The molecule has 0 aliphatic carbocycles. The number of methoxy groups -OCH3 is 1. The molecular formula is C14H19Cl2NO3. The lowest BCUT2D eigenvalue weighted by atomic mass is 10.0. The lowest BCUT2D eigenvalue weighted by Gasteiger charge is -2.27. The first-order chi connectivity index (χ1) is 9.08. The first-order valence-corrected chi connectivity index (χ1v) is 6.91. The smallest absolute Gasteiger partial charge is 0.339 e. The summed E-state index contributed by atoms with van der Waals surface area (Å²) < 4.78 is 10.6. The molecule has 6 heteroatoms. The van der Waals surface area contributed by atoms with Crippen molar-refractivity contribution in [3.8, 4) is 0 Å². The molecule has 1 heterocycles. The third-order valence-electron chi connectivity index (χ3n) is 2.68. The molecule has 0 bridgehead atoms. The van der Waals surface area contributed by atoms with Gasteiger partial charge < -0.3 is 9.47 Å². The molecule has 1 atom stereocenters. The number of hydrogen-bond acceptors (Lipinski definition) is 4. The molecule has 0 spiro atoms. The van der Waals surface area contributed by atoms with Gasteiger partial charge in [0.2, 0.25) is 0 Å². The zero-order valence-corrected chi connectivity index (χ0v) is 14.0. The van der Waals surface area contributed by atoms with E-state index in [4.69, 9.17) is 32.7 Å². The van der Waals surface area contributed by atoms with E-state index in [1.807, 2.05) is 20.8 Å². The summed E-state index contributed by atoms with van der Waals surface area (Å²) in [7, 11) is 1.31. The molecule has 0 aliphatic heterocycles. The zero-order valence-electron chi connectivity index (χ0n) is 12.5. The number of aromatic nitrogens is 1. The highest BCUT2D eigenvalue weighted by Gasteiger charge is 2.32. The highest BCUT2D eigenvalue weighted by molar-refractivity contribution is 6.36. The van der Waals surface area contributed by atoms with Crippen molar-refractivity contribution in [3.63, 3.8) is 0 Å². The summed E-state index contributed by atoms with van der Waals surface area (Å²) in [5, 5.41) is 0.692. The van der Waals surface area contributed by atoms with Crippen LogP contribution < -0.4 is 0 Å². The lowest BCUT2D eigenvalue weighted by Crippen LogP contribution is -2.29. The molecule has 0 saturated carbocycles. The number of ether oxygens (including phenoxy) is 2. The number of pyridine rings is 1. The number of carbonyl (C=O) groups excluding carboxylic acids is 1. The minimum atomic E-state index is -0.934. The number of rotatable bonds is 3. The van der Waals surface area contributed by atoms with Crippen molar-refractivity contribution >= 4 is 29.2 Å². The first kappa shape index (κ1) is 17.2. The molecule has 0 radical (unpaired) electrons. The maximum absolute atomic E-state index is 12.0. The second-order valence-electron chi connectivity index (χ2n) is 5.47. The van der Waals surface area contributed by atoms with E-state index in [9.17, 15) is 4.79 Å². The molecule has 0 saturated heterocycles. The maximum Gasteiger partial charge on any atom is 0.339 e. The highest BCUT2D eigenvalue weighted by Crippen LogP contribution is 2.36. The molecule has 0 N–H and O–H groups in total. The number of aryl methyl sites for hydroxylation is 1. The summed E-state index contributed by atoms with van der Waals surface area (Å²) in [4.78, 5) is 16.2. The second kappa shape index (κ2) is 6.29. The van der Waals surface area contributed by atoms with Gasteiger partial charge in [-0.05, 0) is 34.6 Å². The van der Waals surface area contributed by atoms with E-state index < -0.39 is 17.7 Å². The van der Waals surface area contributed by atoms with Crippen LogP contribution in [0.2, 0.25) is 10.2 Å². The Labute approximate surface area is 129 Å². The number of carbonyl (C=O) groups is 1. The van der Waals surface area contributed by atoms with Crippen molar-refractivity contribution in [1.29, 1.82) is 0 Å². The van der Waals surface area contributed by atoms with E-state index in [-0.39, 0.29) is 0 Å². The van der Waals surface area contributed by atoms with Crippen molar-refractivity contribution in [2.75, 3.05) is 7.11 Å². The van der Waals surface area contributed by atoms with Crippen molar-refractivity contribution in [2.45, 2.75) is 46.3 Å². The third kappa shape index (κ3) is 3.84. The van der Waals surface area contributed by atoms with E-state index >= 15 is 0 Å². The molecule has 1 aromatic rings. The summed E-state index contributed by atoms with van der Waals surface area (Å²) >= 11 is 12.3. The van der Waals surface area contributed by atoms with Gasteiger partial charge in [-0.2, -0.15) is 0 Å². The topological polar surface area (TPSA) is 48.4 Å². The van der Waals surface area contributed by atoms with Crippen molar-refractivity contribution in [2.24, 2.45) is 0 Å². The van der Waals surface area contributed by atoms with E-state index in [0.717, 1.165) is 0 Å². The first-order valence-electron chi connectivity index (χ1n) is 6.16. The van der Waals surface area contributed by atoms with Crippen molar-refractivity contribution in [1.82, 2.24) is 4.98 Å². The fraction of sp³-hybridized carbons (Fsp3) is 0.571. The van der Waals surface area contributed by atoms with Crippen LogP contribution in [-0.4, -0.2) is 23.7 Å². The molecule has 1 aromatic heterocycles. The fourth-order valence-electron chi connectivity index (χ4n) is 1.73. The predicted molar refractivity (Wildman–Crippen MR) is 79.3 cm³/mol. The normalized spacial score (nSPS) is 13.2. The minimum Gasteiger partial charge on any atom is -0.467 e.